The minimum Gasteiger partial charge on any atom is -0.304 e. The van der Waals surface area contributed by atoms with Crippen LogP contribution in [0.5, 0.6) is 0 Å². The zero-order valence-electron chi connectivity index (χ0n) is 9.11. The molecular formula is C12H14O3. The number of hydrogen-bond donors (Lipinski definition) is 0. The Labute approximate surface area is 89.1 Å². The Balaban J connectivity index is 0.000000583. The number of hydrogen-bond acceptors (Lipinski definition) is 3. The van der Waals surface area contributed by atoms with Crippen LogP contribution in [0.1, 0.15) is 41.5 Å². The molecule has 0 saturated carbocycles. The summed E-state index contributed by atoms with van der Waals surface area (Å²) in [5, 5.41) is 0. The van der Waals surface area contributed by atoms with E-state index in [2.05, 4.69) is 0 Å². The minimum absolute atomic E-state index is 0.0687. The molecule has 0 aliphatic rings. The molecule has 0 aliphatic carbocycles. The van der Waals surface area contributed by atoms with Gasteiger partial charge in [-0.3, -0.25) is 9.59 Å². The van der Waals surface area contributed by atoms with Gasteiger partial charge in [-0.05, 0) is 20.8 Å². The van der Waals surface area contributed by atoms with Crippen molar-refractivity contribution in [2.24, 2.45) is 0 Å². The van der Waals surface area contributed by atoms with E-state index in [0.717, 1.165) is 6.29 Å². The van der Waals surface area contributed by atoms with Crippen LogP contribution < -0.4 is 0 Å². The lowest BCUT2D eigenvalue weighted by Crippen LogP contribution is -2.02. The highest BCUT2D eigenvalue weighted by atomic mass is 16.1. The fraction of sp³-hybridized carbons (Fsp3) is 0.250. The van der Waals surface area contributed by atoms with Crippen molar-refractivity contribution in [2.45, 2.75) is 20.8 Å². The van der Waals surface area contributed by atoms with Crippen LogP contribution in [-0.2, 0) is 4.79 Å². The normalized spacial score (nSPS) is 8.47. The molecule has 0 spiro atoms. The van der Waals surface area contributed by atoms with Gasteiger partial charge >= 0.3 is 0 Å². The van der Waals surface area contributed by atoms with Crippen molar-refractivity contribution in [3.63, 3.8) is 0 Å². The maximum absolute atomic E-state index is 11.0. The second-order valence-electron chi connectivity index (χ2n) is 2.89. The summed E-state index contributed by atoms with van der Waals surface area (Å²) in [4.78, 5) is 30.8. The molecule has 0 radical (unpaired) electrons. The molecule has 0 heterocycles. The van der Waals surface area contributed by atoms with Crippen molar-refractivity contribution in [1.82, 2.24) is 0 Å². The maximum atomic E-state index is 11.0. The van der Waals surface area contributed by atoms with E-state index in [1.165, 1.54) is 20.8 Å². The van der Waals surface area contributed by atoms with E-state index in [1.54, 1.807) is 24.3 Å². The SMILES string of the molecule is CC(=O)c1ccccc1C(C)=O.CC=O. The first-order chi connectivity index (χ1) is 7.04. The zero-order chi connectivity index (χ0) is 11.8. The summed E-state index contributed by atoms with van der Waals surface area (Å²) < 4.78 is 0. The number of carbonyl (C=O) groups excluding carboxylic acids is 3. The first-order valence-corrected chi connectivity index (χ1v) is 4.55. The van der Waals surface area contributed by atoms with Crippen molar-refractivity contribution in [1.29, 1.82) is 0 Å². The number of ketones is 2. The summed E-state index contributed by atoms with van der Waals surface area (Å²) in [7, 11) is 0. The lowest BCUT2D eigenvalue weighted by molar-refractivity contribution is -0.106. The van der Waals surface area contributed by atoms with Gasteiger partial charge in [-0.15, -0.1) is 0 Å². The Morgan fingerprint density at radius 1 is 1.00 bits per heavy atom. The molecule has 0 atom stereocenters. The summed E-state index contributed by atoms with van der Waals surface area (Å²) >= 11 is 0. The Morgan fingerprint density at radius 2 is 1.27 bits per heavy atom. The monoisotopic (exact) mass is 206 g/mol. The van der Waals surface area contributed by atoms with Crippen molar-refractivity contribution >= 4 is 17.9 Å². The van der Waals surface area contributed by atoms with E-state index in [-0.39, 0.29) is 11.6 Å². The number of aldehydes is 1. The van der Waals surface area contributed by atoms with Crippen LogP contribution in [0.15, 0.2) is 24.3 Å². The standard InChI is InChI=1S/C10H10O2.C2H4O/c1-7(11)9-5-3-4-6-10(9)8(2)12;1-2-3/h3-6H,1-2H3;2H,1H3. The molecule has 1 rings (SSSR count). The molecule has 0 aromatic heterocycles. The summed E-state index contributed by atoms with van der Waals surface area (Å²) in [5.41, 5.74) is 1.01. The van der Waals surface area contributed by atoms with Gasteiger partial charge in [0.2, 0.25) is 0 Å². The number of Topliss-reactive ketones (excluding diaryl/α,β-unsaturated/α-hetero) is 2. The van der Waals surface area contributed by atoms with Crippen molar-refractivity contribution in [3.05, 3.63) is 35.4 Å². The second-order valence-corrected chi connectivity index (χ2v) is 2.89. The minimum atomic E-state index is -0.0687. The molecule has 0 bridgehead atoms. The van der Waals surface area contributed by atoms with E-state index in [4.69, 9.17) is 4.79 Å². The highest BCUT2D eigenvalue weighted by molar-refractivity contribution is 6.07. The Hall–Kier alpha value is -1.77. The molecule has 80 valence electrons. The third-order valence-electron chi connectivity index (χ3n) is 1.69. The first-order valence-electron chi connectivity index (χ1n) is 4.55. The molecule has 0 N–H and O–H groups in total. The molecule has 3 heteroatoms. The smallest absolute Gasteiger partial charge is 0.160 e. The van der Waals surface area contributed by atoms with Crippen LogP contribution in [0.4, 0.5) is 0 Å². The van der Waals surface area contributed by atoms with Crippen LogP contribution in [0.25, 0.3) is 0 Å². The summed E-state index contributed by atoms with van der Waals surface area (Å²) in [6, 6.07) is 6.84. The fourth-order valence-electron chi connectivity index (χ4n) is 1.10. The van der Waals surface area contributed by atoms with E-state index in [0.29, 0.717) is 11.1 Å². The highest BCUT2D eigenvalue weighted by Crippen LogP contribution is 2.09. The summed E-state index contributed by atoms with van der Waals surface area (Å²) in [6.45, 7) is 4.36. The number of rotatable bonds is 2. The highest BCUT2D eigenvalue weighted by Gasteiger charge is 2.08. The summed E-state index contributed by atoms with van der Waals surface area (Å²) in [6.07, 6.45) is 0.750. The average molecular weight is 206 g/mol. The topological polar surface area (TPSA) is 51.2 Å². The maximum Gasteiger partial charge on any atom is 0.160 e. The van der Waals surface area contributed by atoms with E-state index >= 15 is 0 Å². The zero-order valence-corrected chi connectivity index (χ0v) is 9.11. The molecule has 15 heavy (non-hydrogen) atoms. The van der Waals surface area contributed by atoms with Gasteiger partial charge in [0, 0.05) is 11.1 Å². The lowest BCUT2D eigenvalue weighted by atomic mass is 10.0. The molecule has 0 saturated heterocycles. The third kappa shape index (κ3) is 4.31. The molecule has 0 amide bonds. The molecular weight excluding hydrogens is 192 g/mol. The molecule has 1 aromatic rings. The van der Waals surface area contributed by atoms with Crippen molar-refractivity contribution < 1.29 is 14.4 Å². The molecule has 0 unspecified atom stereocenters. The molecule has 0 fully saturated rings. The quantitative estimate of drug-likeness (QED) is 0.551. The summed E-state index contributed by atoms with van der Waals surface area (Å²) in [5.74, 6) is -0.137. The molecule has 0 aliphatic heterocycles. The fourth-order valence-corrected chi connectivity index (χ4v) is 1.10. The van der Waals surface area contributed by atoms with Gasteiger partial charge in [-0.25, -0.2) is 0 Å². The van der Waals surface area contributed by atoms with Gasteiger partial charge in [-0.2, -0.15) is 0 Å². The third-order valence-corrected chi connectivity index (χ3v) is 1.69. The van der Waals surface area contributed by atoms with Gasteiger partial charge < -0.3 is 4.79 Å². The van der Waals surface area contributed by atoms with Crippen molar-refractivity contribution in [2.75, 3.05) is 0 Å². The molecule has 1 aromatic carbocycles. The number of benzene rings is 1. The average Bonchev–Trinajstić information content (AvgIpc) is 2.19. The van der Waals surface area contributed by atoms with Crippen molar-refractivity contribution in [3.8, 4) is 0 Å². The number of carbonyl (C=O) groups is 3. The van der Waals surface area contributed by atoms with E-state index in [9.17, 15) is 9.59 Å². The van der Waals surface area contributed by atoms with Gasteiger partial charge in [-0.1, -0.05) is 24.3 Å². The largest absolute Gasteiger partial charge is 0.304 e. The van der Waals surface area contributed by atoms with Gasteiger partial charge in [0.15, 0.2) is 11.6 Å². The lowest BCUT2D eigenvalue weighted by Gasteiger charge is -2.00. The van der Waals surface area contributed by atoms with Crippen LogP contribution in [0.2, 0.25) is 0 Å². The predicted octanol–water partition coefficient (Wildman–Crippen LogP) is 2.30. The Morgan fingerprint density at radius 3 is 1.47 bits per heavy atom. The van der Waals surface area contributed by atoms with E-state index < -0.39 is 0 Å². The molecule has 3 nitrogen and oxygen atoms in total. The predicted molar refractivity (Wildman–Crippen MR) is 58.2 cm³/mol. The van der Waals surface area contributed by atoms with Crippen LogP contribution in [0.3, 0.4) is 0 Å². The van der Waals surface area contributed by atoms with Crippen LogP contribution >= 0.6 is 0 Å². The van der Waals surface area contributed by atoms with Crippen LogP contribution in [0, 0.1) is 0 Å². The van der Waals surface area contributed by atoms with Gasteiger partial charge in [0.05, 0.1) is 0 Å². The van der Waals surface area contributed by atoms with Crippen LogP contribution in [-0.4, -0.2) is 17.9 Å². The Kier molecular flexibility index (Phi) is 5.86. The first kappa shape index (κ1) is 13.2. The van der Waals surface area contributed by atoms with Gasteiger partial charge in [0.25, 0.3) is 0 Å². The van der Waals surface area contributed by atoms with Gasteiger partial charge in [0.1, 0.15) is 6.29 Å². The van der Waals surface area contributed by atoms with E-state index in [1.807, 2.05) is 0 Å². The second kappa shape index (κ2) is 6.65. The Bertz CT molecular complexity index is 334.